The molecule has 1 spiro atoms. The van der Waals surface area contributed by atoms with Crippen molar-refractivity contribution < 1.29 is 24.2 Å². The van der Waals surface area contributed by atoms with Gasteiger partial charge in [0.2, 0.25) is 17.7 Å². The number of fused-ring (bicyclic) bond motifs is 1. The Morgan fingerprint density at radius 2 is 1.83 bits per heavy atom. The second-order valence-electron chi connectivity index (χ2n) is 9.77. The summed E-state index contributed by atoms with van der Waals surface area (Å²) in [5.74, 6) is -2.67. The number of halogens is 1. The fourth-order valence-corrected chi connectivity index (χ4v) is 6.82. The van der Waals surface area contributed by atoms with Crippen molar-refractivity contribution in [1.82, 2.24) is 10.2 Å². The van der Waals surface area contributed by atoms with Gasteiger partial charge in [0.05, 0.1) is 40.8 Å². The van der Waals surface area contributed by atoms with Crippen molar-refractivity contribution >= 4 is 35.0 Å². The maximum atomic E-state index is 14.2. The normalized spacial score (nSPS) is 31.3. The molecule has 3 heterocycles. The number of carbonyl (C=O) groups excluding carboxylic acids is 3. The van der Waals surface area contributed by atoms with Crippen molar-refractivity contribution in [3.8, 4) is 0 Å². The molecule has 3 aliphatic rings. The lowest BCUT2D eigenvalue weighted by Gasteiger charge is -2.37. The van der Waals surface area contributed by atoms with Gasteiger partial charge in [-0.3, -0.25) is 14.4 Å². The summed E-state index contributed by atoms with van der Waals surface area (Å²) >= 11 is 6.32. The van der Waals surface area contributed by atoms with Gasteiger partial charge in [-0.1, -0.05) is 61.0 Å². The van der Waals surface area contributed by atoms with Crippen LogP contribution < -0.4 is 10.6 Å². The van der Waals surface area contributed by atoms with Crippen molar-refractivity contribution in [2.24, 2.45) is 11.8 Å². The largest absolute Gasteiger partial charge is 0.394 e. The molecule has 0 saturated carbocycles. The molecule has 0 aromatic heterocycles. The Hall–Kier alpha value is -2.94. The third-order valence-corrected chi connectivity index (χ3v) is 8.55. The average Bonchev–Trinajstić information content (AvgIpc) is 3.50. The predicted octanol–water partition coefficient (Wildman–Crippen LogP) is 2.91. The van der Waals surface area contributed by atoms with Gasteiger partial charge in [0.25, 0.3) is 0 Å². The number of likely N-dealkylation sites (tertiary alicyclic amines) is 1. The zero-order valence-corrected chi connectivity index (χ0v) is 21.0. The molecule has 2 aromatic carbocycles. The zero-order chi connectivity index (χ0) is 25.7. The number of anilines is 1. The monoisotopic (exact) mass is 511 g/mol. The van der Waals surface area contributed by atoms with E-state index in [1.165, 1.54) is 4.90 Å². The Kier molecular flexibility index (Phi) is 6.31. The smallest absolute Gasteiger partial charge is 0.250 e. The number of aliphatic hydroxyl groups excluding tert-OH is 1. The summed E-state index contributed by atoms with van der Waals surface area (Å²) in [5.41, 5.74) is -0.914. The fourth-order valence-electron chi connectivity index (χ4n) is 6.64. The molecule has 9 heteroatoms. The van der Waals surface area contributed by atoms with Gasteiger partial charge in [-0.25, -0.2) is 0 Å². The van der Waals surface area contributed by atoms with Crippen molar-refractivity contribution in [2.75, 3.05) is 19.0 Å². The number of benzene rings is 2. The number of nitrogens with one attached hydrogen (secondary N) is 2. The number of carbonyl (C=O) groups is 3. The molecule has 8 nitrogen and oxygen atoms in total. The summed E-state index contributed by atoms with van der Waals surface area (Å²) in [6.07, 6.45) is 1.55. The molecule has 0 aliphatic carbocycles. The highest BCUT2D eigenvalue weighted by Gasteiger charge is 2.79. The van der Waals surface area contributed by atoms with Crippen molar-refractivity contribution in [1.29, 1.82) is 0 Å². The molecule has 5 rings (SSSR count). The SMILES string of the molecule is CC[C@]12CCC3(O1)C(C(=O)Nc1ccccc1Cl)N([C@H](CO)c1ccccc1)C(=O)[C@@H]3[C@H]2C(=O)NC. The van der Waals surface area contributed by atoms with E-state index < -0.39 is 47.6 Å². The average molecular weight is 512 g/mol. The maximum Gasteiger partial charge on any atom is 0.250 e. The van der Waals surface area contributed by atoms with Crippen molar-refractivity contribution in [3.63, 3.8) is 0 Å². The van der Waals surface area contributed by atoms with Gasteiger partial charge in [0.1, 0.15) is 11.6 Å². The molecule has 3 fully saturated rings. The van der Waals surface area contributed by atoms with E-state index in [2.05, 4.69) is 10.6 Å². The predicted molar refractivity (Wildman–Crippen MR) is 134 cm³/mol. The molecule has 3 aliphatic heterocycles. The number of ether oxygens (including phenoxy) is 1. The molecular formula is C27H30ClN3O5. The molecule has 6 atom stereocenters. The summed E-state index contributed by atoms with van der Waals surface area (Å²) in [7, 11) is 1.55. The molecule has 36 heavy (non-hydrogen) atoms. The number of para-hydroxylation sites is 1. The fraction of sp³-hybridized carbons (Fsp3) is 0.444. The van der Waals surface area contributed by atoms with Gasteiger partial charge in [0, 0.05) is 7.05 Å². The van der Waals surface area contributed by atoms with Crippen LogP contribution in [-0.4, -0.2) is 58.6 Å². The first-order valence-corrected chi connectivity index (χ1v) is 12.7. The van der Waals surface area contributed by atoms with Crippen LogP contribution in [0, 0.1) is 11.8 Å². The molecule has 3 saturated heterocycles. The summed E-state index contributed by atoms with van der Waals surface area (Å²) in [6.45, 7) is 1.55. The molecule has 2 aromatic rings. The first-order chi connectivity index (χ1) is 17.3. The summed E-state index contributed by atoms with van der Waals surface area (Å²) < 4.78 is 6.69. The van der Waals surface area contributed by atoms with Crippen LogP contribution in [0.2, 0.25) is 5.02 Å². The van der Waals surface area contributed by atoms with Gasteiger partial charge in [-0.05, 0) is 37.0 Å². The lowest BCUT2D eigenvalue weighted by Crippen LogP contribution is -2.54. The molecular weight excluding hydrogens is 482 g/mol. The van der Waals surface area contributed by atoms with E-state index in [4.69, 9.17) is 16.3 Å². The van der Waals surface area contributed by atoms with Gasteiger partial charge >= 0.3 is 0 Å². The van der Waals surface area contributed by atoms with Crippen LogP contribution in [0.4, 0.5) is 5.69 Å². The van der Waals surface area contributed by atoms with Crippen molar-refractivity contribution in [3.05, 3.63) is 65.2 Å². The zero-order valence-electron chi connectivity index (χ0n) is 20.2. The van der Waals surface area contributed by atoms with Crippen LogP contribution in [0.25, 0.3) is 0 Å². The minimum atomic E-state index is -1.20. The quantitative estimate of drug-likeness (QED) is 0.530. The molecule has 2 unspecified atom stereocenters. The Morgan fingerprint density at radius 3 is 2.47 bits per heavy atom. The lowest BCUT2D eigenvalue weighted by atomic mass is 9.65. The van der Waals surface area contributed by atoms with Gasteiger partial charge in [0.15, 0.2) is 0 Å². The Morgan fingerprint density at radius 1 is 1.14 bits per heavy atom. The van der Waals surface area contributed by atoms with Crippen LogP contribution >= 0.6 is 11.6 Å². The van der Waals surface area contributed by atoms with Gasteiger partial charge in [-0.2, -0.15) is 0 Å². The number of hydrogen-bond donors (Lipinski definition) is 3. The Labute approximate surface area is 215 Å². The third kappa shape index (κ3) is 3.46. The minimum absolute atomic E-state index is 0.274. The van der Waals surface area contributed by atoms with E-state index in [9.17, 15) is 19.5 Å². The standard InChI is InChI=1S/C27H30ClN3O5/c1-3-26-13-14-27(36-26)21(20(26)23(33)29-2)25(35)31(19(15-32)16-9-5-4-6-10-16)22(27)24(34)30-18-12-8-7-11-17(18)28/h4-12,19-22,32H,3,13-15H2,1-2H3,(H,29,33)(H,30,34)/t19-,20+,21+,22?,26-,27?/m1/s1. The van der Waals surface area contributed by atoms with Crippen LogP contribution in [-0.2, 0) is 19.1 Å². The summed E-state index contributed by atoms with van der Waals surface area (Å²) in [5, 5.41) is 16.4. The number of hydrogen-bond acceptors (Lipinski definition) is 5. The number of nitrogens with zero attached hydrogens (tertiary/aromatic N) is 1. The van der Waals surface area contributed by atoms with Gasteiger partial charge < -0.3 is 25.4 Å². The summed E-state index contributed by atoms with van der Waals surface area (Å²) in [6, 6.07) is 14.1. The Balaban J connectivity index is 1.64. The van der Waals surface area contributed by atoms with E-state index in [0.29, 0.717) is 35.5 Å². The Bertz CT molecular complexity index is 1190. The van der Waals surface area contributed by atoms with Crippen LogP contribution in [0.5, 0.6) is 0 Å². The molecule has 190 valence electrons. The van der Waals surface area contributed by atoms with E-state index in [1.54, 1.807) is 31.3 Å². The molecule has 3 amide bonds. The second kappa shape index (κ2) is 9.18. The molecule has 0 radical (unpaired) electrons. The third-order valence-electron chi connectivity index (χ3n) is 8.22. The van der Waals surface area contributed by atoms with Crippen LogP contribution in [0.15, 0.2) is 54.6 Å². The van der Waals surface area contributed by atoms with Crippen LogP contribution in [0.1, 0.15) is 37.8 Å². The minimum Gasteiger partial charge on any atom is -0.394 e. The highest BCUT2D eigenvalue weighted by molar-refractivity contribution is 6.33. The molecule has 3 N–H and O–H groups in total. The number of amides is 3. The van der Waals surface area contributed by atoms with E-state index in [-0.39, 0.29) is 11.8 Å². The van der Waals surface area contributed by atoms with Crippen LogP contribution in [0.3, 0.4) is 0 Å². The second-order valence-corrected chi connectivity index (χ2v) is 10.2. The maximum absolute atomic E-state index is 14.2. The van der Waals surface area contributed by atoms with Crippen molar-refractivity contribution in [2.45, 2.75) is 49.5 Å². The van der Waals surface area contributed by atoms with Gasteiger partial charge in [-0.15, -0.1) is 0 Å². The first kappa shape index (κ1) is 24.7. The lowest BCUT2D eigenvalue weighted by molar-refractivity contribution is -0.149. The highest BCUT2D eigenvalue weighted by Crippen LogP contribution is 2.65. The molecule has 2 bridgehead atoms. The van der Waals surface area contributed by atoms with E-state index in [1.807, 2.05) is 37.3 Å². The number of aliphatic hydroxyl groups is 1. The first-order valence-electron chi connectivity index (χ1n) is 12.3. The van der Waals surface area contributed by atoms with E-state index >= 15 is 0 Å². The highest BCUT2D eigenvalue weighted by atomic mass is 35.5. The topological polar surface area (TPSA) is 108 Å². The summed E-state index contributed by atoms with van der Waals surface area (Å²) in [4.78, 5) is 42.8. The van der Waals surface area contributed by atoms with E-state index in [0.717, 1.165) is 0 Å². The number of rotatable bonds is 7.